The number of carbonyl (C=O) groups excluding carboxylic acids is 1. The molecule has 1 aliphatic heterocycles. The van der Waals surface area contributed by atoms with E-state index in [1.165, 1.54) is 5.56 Å². The second kappa shape index (κ2) is 10.0. The highest BCUT2D eigenvalue weighted by atomic mass is 16.5. The number of ether oxygens (including phenoxy) is 1. The third-order valence-corrected chi connectivity index (χ3v) is 7.04. The lowest BCUT2D eigenvalue weighted by molar-refractivity contribution is -0.119. The smallest absolute Gasteiger partial charge is 0.151 e. The Balaban J connectivity index is 1.26. The van der Waals surface area contributed by atoms with E-state index in [1.807, 2.05) is 62.6 Å². The van der Waals surface area contributed by atoms with Crippen molar-refractivity contribution in [3.63, 3.8) is 0 Å². The molecule has 0 unspecified atom stereocenters. The first-order valence-electron chi connectivity index (χ1n) is 12.0. The molecule has 1 aliphatic carbocycles. The maximum absolute atomic E-state index is 11.7. The molecule has 180 valence electrons. The van der Waals surface area contributed by atoms with Crippen molar-refractivity contribution in [3.8, 4) is 5.75 Å². The fraction of sp³-hybridized carbons (Fsp3) is 0.429. The fourth-order valence-corrected chi connectivity index (χ4v) is 5.24. The molecular weight excluding hydrogens is 424 g/mol. The lowest BCUT2D eigenvalue weighted by Gasteiger charge is -2.58. The Morgan fingerprint density at radius 1 is 1.24 bits per heavy atom. The summed E-state index contributed by atoms with van der Waals surface area (Å²) in [6.45, 7) is 9.06. The molecule has 4 rings (SSSR count). The molecule has 2 aromatic rings. The number of hydrogen-bond acceptors (Lipinski definition) is 5. The lowest BCUT2D eigenvalue weighted by Crippen LogP contribution is -2.64. The predicted octanol–water partition coefficient (Wildman–Crippen LogP) is 4.20. The third kappa shape index (κ3) is 5.17. The number of aldehydes is 1. The van der Waals surface area contributed by atoms with E-state index in [1.54, 1.807) is 10.8 Å². The summed E-state index contributed by atoms with van der Waals surface area (Å²) in [5.74, 6) is 0.802. The van der Waals surface area contributed by atoms with E-state index in [2.05, 4.69) is 17.5 Å². The molecule has 6 nitrogen and oxygen atoms in total. The molecule has 2 aliphatic rings. The maximum atomic E-state index is 11.7. The van der Waals surface area contributed by atoms with Crippen LogP contribution in [0.4, 0.5) is 0 Å². The van der Waals surface area contributed by atoms with Crippen LogP contribution < -0.4 is 10.2 Å². The Morgan fingerprint density at radius 2 is 2.00 bits per heavy atom. The molecule has 1 spiro atoms. The summed E-state index contributed by atoms with van der Waals surface area (Å²) < 4.78 is 8.09. The van der Waals surface area contributed by atoms with Gasteiger partial charge in [0.1, 0.15) is 11.2 Å². The van der Waals surface area contributed by atoms with Gasteiger partial charge >= 0.3 is 0 Å². The molecule has 1 N–H and O–H groups in total. The third-order valence-electron chi connectivity index (χ3n) is 7.04. The maximum Gasteiger partial charge on any atom is 0.151 e. The molecule has 0 radical (unpaired) electrons. The van der Waals surface area contributed by atoms with Crippen LogP contribution in [0.5, 0.6) is 5.75 Å². The zero-order valence-corrected chi connectivity index (χ0v) is 20.6. The van der Waals surface area contributed by atoms with Gasteiger partial charge in [0.25, 0.3) is 0 Å². The molecular formula is C28H36N4O2. The Kier molecular flexibility index (Phi) is 7.08. The Hall–Kier alpha value is -3.12. The van der Waals surface area contributed by atoms with Crippen LogP contribution in [0.2, 0.25) is 0 Å². The van der Waals surface area contributed by atoms with Crippen LogP contribution in [0.15, 0.2) is 43.2 Å². The van der Waals surface area contributed by atoms with E-state index in [9.17, 15) is 4.79 Å². The number of hydrogen-bond donors (Lipinski definition) is 1. The summed E-state index contributed by atoms with van der Waals surface area (Å²) in [6, 6.07) is 7.97. The normalized spacial score (nSPS) is 17.4. The summed E-state index contributed by atoms with van der Waals surface area (Å²) in [6.07, 6.45) is 12.9. The number of pyridine rings is 1. The van der Waals surface area contributed by atoms with E-state index in [0.717, 1.165) is 68.5 Å². The first-order chi connectivity index (χ1) is 16.3. The number of nitrogens with zero attached hydrogens (tertiary/aromatic N) is 3. The molecule has 0 amide bonds. The van der Waals surface area contributed by atoms with Crippen molar-refractivity contribution in [1.82, 2.24) is 14.4 Å². The fourth-order valence-electron chi connectivity index (χ4n) is 5.24. The second-order valence-corrected chi connectivity index (χ2v) is 10.1. The molecule has 1 aromatic heterocycles. The van der Waals surface area contributed by atoms with Gasteiger partial charge in [-0.1, -0.05) is 12.6 Å². The van der Waals surface area contributed by atoms with E-state index in [-0.39, 0.29) is 6.10 Å². The zero-order valence-electron chi connectivity index (χ0n) is 20.6. The SMILES string of the molecule is C=Cn1ccc(CCCN2CC3(CC(Oc4ccc(C)c(C=O)c4/C=C\N(C)C)C3)C2)cc1=N. The van der Waals surface area contributed by atoms with Gasteiger partial charge in [0, 0.05) is 56.1 Å². The molecule has 0 bridgehead atoms. The molecule has 2 fully saturated rings. The van der Waals surface area contributed by atoms with Gasteiger partial charge in [-0.05, 0) is 80.8 Å². The molecule has 1 saturated carbocycles. The average Bonchev–Trinajstić information content (AvgIpc) is 2.75. The largest absolute Gasteiger partial charge is 0.490 e. The molecule has 2 heterocycles. The quantitative estimate of drug-likeness (QED) is 0.540. The molecule has 0 atom stereocenters. The lowest BCUT2D eigenvalue weighted by atomic mass is 9.61. The van der Waals surface area contributed by atoms with Crippen molar-refractivity contribution in [3.05, 3.63) is 71.0 Å². The van der Waals surface area contributed by atoms with Gasteiger partial charge in [-0.3, -0.25) is 10.2 Å². The highest BCUT2D eigenvalue weighted by molar-refractivity contribution is 5.86. The van der Waals surface area contributed by atoms with Crippen LogP contribution in [0.25, 0.3) is 12.3 Å². The van der Waals surface area contributed by atoms with Crippen LogP contribution in [0.1, 0.15) is 46.3 Å². The van der Waals surface area contributed by atoms with Crippen LogP contribution >= 0.6 is 0 Å². The van der Waals surface area contributed by atoms with Gasteiger partial charge in [0.2, 0.25) is 0 Å². The number of likely N-dealkylation sites (tertiary alicyclic amines) is 1. The monoisotopic (exact) mass is 460 g/mol. The summed E-state index contributed by atoms with van der Waals surface area (Å²) in [7, 11) is 3.94. The van der Waals surface area contributed by atoms with Crippen LogP contribution in [0, 0.1) is 17.7 Å². The summed E-state index contributed by atoms with van der Waals surface area (Å²) >= 11 is 0. The molecule has 34 heavy (non-hydrogen) atoms. The Bertz CT molecular complexity index is 1130. The van der Waals surface area contributed by atoms with Crippen LogP contribution in [-0.4, -0.2) is 60.5 Å². The number of rotatable bonds is 10. The van der Waals surface area contributed by atoms with Crippen molar-refractivity contribution in [1.29, 1.82) is 5.41 Å². The predicted molar refractivity (Wildman–Crippen MR) is 137 cm³/mol. The van der Waals surface area contributed by atoms with Gasteiger partial charge in [-0.15, -0.1) is 0 Å². The molecule has 1 aromatic carbocycles. The van der Waals surface area contributed by atoms with Crippen molar-refractivity contribution in [2.75, 3.05) is 33.7 Å². The summed E-state index contributed by atoms with van der Waals surface area (Å²) in [5.41, 5.74) is 4.63. The van der Waals surface area contributed by atoms with E-state index in [0.29, 0.717) is 16.5 Å². The van der Waals surface area contributed by atoms with Crippen LogP contribution in [0.3, 0.4) is 0 Å². The van der Waals surface area contributed by atoms with Crippen molar-refractivity contribution in [2.24, 2.45) is 5.41 Å². The van der Waals surface area contributed by atoms with Crippen molar-refractivity contribution >= 4 is 18.6 Å². The van der Waals surface area contributed by atoms with Gasteiger partial charge in [-0.25, -0.2) is 0 Å². The minimum Gasteiger partial charge on any atom is -0.490 e. The summed E-state index contributed by atoms with van der Waals surface area (Å²) in [4.78, 5) is 16.2. The van der Waals surface area contributed by atoms with Gasteiger partial charge < -0.3 is 19.1 Å². The zero-order chi connectivity index (χ0) is 24.3. The Morgan fingerprint density at radius 3 is 2.65 bits per heavy atom. The topological polar surface area (TPSA) is 61.6 Å². The van der Waals surface area contributed by atoms with Crippen LogP contribution in [-0.2, 0) is 6.42 Å². The highest BCUT2D eigenvalue weighted by Gasteiger charge is 2.53. The second-order valence-electron chi connectivity index (χ2n) is 10.1. The minimum atomic E-state index is 0.215. The van der Waals surface area contributed by atoms with E-state index >= 15 is 0 Å². The standard InChI is InChI=1S/C28H36N4O2/c1-5-32-14-10-22(15-27(32)29)7-6-12-31-19-28(20-31)16-23(17-28)34-26-9-8-21(2)25(18-33)24(26)11-13-30(3)4/h5,8-11,13-15,18,23,29H,1,6-7,12,16-17,19-20H2,2-4H3/b13-11-,29-27?. The number of benzene rings is 1. The van der Waals surface area contributed by atoms with Crippen molar-refractivity contribution in [2.45, 2.75) is 38.7 Å². The molecule has 6 heteroatoms. The average molecular weight is 461 g/mol. The number of aromatic nitrogens is 1. The van der Waals surface area contributed by atoms with E-state index < -0.39 is 0 Å². The summed E-state index contributed by atoms with van der Waals surface area (Å²) in [5, 5.41) is 8.00. The van der Waals surface area contributed by atoms with Crippen molar-refractivity contribution < 1.29 is 9.53 Å². The van der Waals surface area contributed by atoms with Gasteiger partial charge in [0.15, 0.2) is 6.29 Å². The Labute approximate surface area is 202 Å². The number of aryl methyl sites for hydroxylation is 2. The first kappa shape index (κ1) is 24.0. The molecule has 1 saturated heterocycles. The van der Waals surface area contributed by atoms with Gasteiger partial charge in [0.05, 0.1) is 6.10 Å². The minimum absolute atomic E-state index is 0.215. The first-order valence-corrected chi connectivity index (χ1v) is 12.0. The van der Waals surface area contributed by atoms with E-state index in [4.69, 9.17) is 10.1 Å². The highest BCUT2D eigenvalue weighted by Crippen LogP contribution is 2.50. The number of nitrogens with one attached hydrogen (secondary N) is 1. The van der Waals surface area contributed by atoms with Gasteiger partial charge in [-0.2, -0.15) is 0 Å². The number of carbonyl (C=O) groups is 1.